The zero-order valence-corrected chi connectivity index (χ0v) is 8.08. The van der Waals surface area contributed by atoms with Crippen molar-refractivity contribution in [3.05, 3.63) is 11.6 Å². The largest absolute Gasteiger partial charge is 0.459 e. The van der Waals surface area contributed by atoms with Crippen molar-refractivity contribution >= 4 is 5.97 Å². The second kappa shape index (κ2) is 3.52. The Bertz CT molecular complexity index is 242. The summed E-state index contributed by atoms with van der Waals surface area (Å²) in [5.41, 5.74) is 0.786. The molecule has 1 saturated carbocycles. The molecule has 13 heavy (non-hydrogen) atoms. The van der Waals surface area contributed by atoms with Crippen molar-refractivity contribution in [3.8, 4) is 0 Å². The monoisotopic (exact) mass is 180 g/mol. The van der Waals surface area contributed by atoms with Crippen LogP contribution < -0.4 is 0 Å². The van der Waals surface area contributed by atoms with Crippen LogP contribution in [0.25, 0.3) is 0 Å². The first-order valence-corrected chi connectivity index (χ1v) is 5.15. The van der Waals surface area contributed by atoms with E-state index in [1.54, 1.807) is 0 Å². The SMILES string of the molecule is CC1=CC[C@H]2CCCC[C@@H]2OC1=O. The highest BCUT2D eigenvalue weighted by Gasteiger charge is 2.30. The molecule has 1 fully saturated rings. The van der Waals surface area contributed by atoms with E-state index in [9.17, 15) is 4.79 Å². The molecular weight excluding hydrogens is 164 g/mol. The van der Waals surface area contributed by atoms with Crippen molar-refractivity contribution in [2.75, 3.05) is 0 Å². The summed E-state index contributed by atoms with van der Waals surface area (Å²) in [6.07, 6.45) is 8.08. The molecule has 2 heteroatoms. The lowest BCUT2D eigenvalue weighted by molar-refractivity contribution is -0.147. The molecule has 0 bridgehead atoms. The smallest absolute Gasteiger partial charge is 0.333 e. The number of hydrogen-bond acceptors (Lipinski definition) is 2. The van der Waals surface area contributed by atoms with Gasteiger partial charge in [0.25, 0.3) is 0 Å². The summed E-state index contributed by atoms with van der Waals surface area (Å²) in [5, 5.41) is 0. The summed E-state index contributed by atoms with van der Waals surface area (Å²) < 4.78 is 5.42. The van der Waals surface area contributed by atoms with Crippen LogP contribution in [-0.2, 0) is 9.53 Å². The Balaban J connectivity index is 2.11. The Morgan fingerprint density at radius 1 is 1.38 bits per heavy atom. The second-order valence-corrected chi connectivity index (χ2v) is 4.11. The van der Waals surface area contributed by atoms with E-state index in [1.165, 1.54) is 19.3 Å². The van der Waals surface area contributed by atoms with E-state index >= 15 is 0 Å². The molecule has 0 radical (unpaired) electrons. The summed E-state index contributed by atoms with van der Waals surface area (Å²) in [6, 6.07) is 0. The summed E-state index contributed by atoms with van der Waals surface area (Å²) in [7, 11) is 0. The number of carbonyl (C=O) groups is 1. The number of esters is 1. The van der Waals surface area contributed by atoms with E-state index in [1.807, 2.05) is 13.0 Å². The number of ether oxygens (including phenoxy) is 1. The van der Waals surface area contributed by atoms with Crippen molar-refractivity contribution in [2.45, 2.75) is 45.1 Å². The van der Waals surface area contributed by atoms with Crippen molar-refractivity contribution < 1.29 is 9.53 Å². The zero-order valence-electron chi connectivity index (χ0n) is 8.08. The Labute approximate surface area is 79.0 Å². The third-order valence-electron chi connectivity index (χ3n) is 3.15. The molecule has 0 unspecified atom stereocenters. The minimum absolute atomic E-state index is 0.102. The summed E-state index contributed by atoms with van der Waals surface area (Å²) in [6.45, 7) is 1.85. The Kier molecular flexibility index (Phi) is 2.38. The fraction of sp³-hybridized carbons (Fsp3) is 0.727. The molecule has 0 aromatic rings. The van der Waals surface area contributed by atoms with E-state index in [-0.39, 0.29) is 12.1 Å². The Hall–Kier alpha value is -0.790. The minimum Gasteiger partial charge on any atom is -0.459 e. The molecule has 0 N–H and O–H groups in total. The standard InChI is InChI=1S/C11H16O2/c1-8-6-7-9-4-2-3-5-10(9)13-11(8)12/h6,9-10H,2-5,7H2,1H3/t9-,10+/m1/s1. The molecule has 0 saturated heterocycles. The first-order chi connectivity index (χ1) is 6.27. The molecule has 2 rings (SSSR count). The van der Waals surface area contributed by atoms with E-state index in [2.05, 4.69) is 0 Å². The quantitative estimate of drug-likeness (QED) is 0.535. The predicted octanol–water partition coefficient (Wildman–Crippen LogP) is 2.44. The number of allylic oxidation sites excluding steroid dienone is 1. The maximum Gasteiger partial charge on any atom is 0.333 e. The Morgan fingerprint density at radius 3 is 3.00 bits per heavy atom. The average Bonchev–Trinajstić information content (AvgIpc) is 2.28. The molecule has 0 amide bonds. The van der Waals surface area contributed by atoms with Gasteiger partial charge in [-0.2, -0.15) is 0 Å². The van der Waals surface area contributed by atoms with Gasteiger partial charge in [-0.3, -0.25) is 0 Å². The molecule has 72 valence electrons. The van der Waals surface area contributed by atoms with Crippen LogP contribution in [-0.4, -0.2) is 12.1 Å². The number of rotatable bonds is 0. The van der Waals surface area contributed by atoms with Crippen molar-refractivity contribution in [1.82, 2.24) is 0 Å². The van der Waals surface area contributed by atoms with Gasteiger partial charge in [0.05, 0.1) is 0 Å². The first kappa shape index (κ1) is 8.79. The van der Waals surface area contributed by atoms with Crippen molar-refractivity contribution in [1.29, 1.82) is 0 Å². The van der Waals surface area contributed by atoms with Crippen LogP contribution in [0.3, 0.4) is 0 Å². The molecule has 1 aliphatic carbocycles. The van der Waals surface area contributed by atoms with Crippen LogP contribution in [0.15, 0.2) is 11.6 Å². The van der Waals surface area contributed by atoms with Crippen molar-refractivity contribution in [3.63, 3.8) is 0 Å². The summed E-state index contributed by atoms with van der Waals surface area (Å²) in [4.78, 5) is 11.4. The molecule has 1 aliphatic heterocycles. The molecule has 1 heterocycles. The molecule has 0 aromatic heterocycles. The predicted molar refractivity (Wildman–Crippen MR) is 50.2 cm³/mol. The van der Waals surface area contributed by atoms with Crippen molar-refractivity contribution in [2.24, 2.45) is 5.92 Å². The topological polar surface area (TPSA) is 26.3 Å². The fourth-order valence-corrected chi connectivity index (χ4v) is 2.24. The lowest BCUT2D eigenvalue weighted by Crippen LogP contribution is -2.28. The first-order valence-electron chi connectivity index (χ1n) is 5.15. The maximum absolute atomic E-state index is 11.4. The lowest BCUT2D eigenvalue weighted by atomic mass is 9.84. The molecular formula is C11H16O2. The maximum atomic E-state index is 11.4. The molecule has 2 atom stereocenters. The highest BCUT2D eigenvalue weighted by Crippen LogP contribution is 2.32. The highest BCUT2D eigenvalue weighted by atomic mass is 16.5. The van der Waals surface area contributed by atoms with Crippen LogP contribution in [0.2, 0.25) is 0 Å². The van der Waals surface area contributed by atoms with Gasteiger partial charge < -0.3 is 4.74 Å². The number of hydrogen-bond donors (Lipinski definition) is 0. The van der Waals surface area contributed by atoms with E-state index < -0.39 is 0 Å². The molecule has 2 aliphatic rings. The normalized spacial score (nSPS) is 34.2. The van der Waals surface area contributed by atoms with Crippen LogP contribution >= 0.6 is 0 Å². The summed E-state index contributed by atoms with van der Waals surface area (Å²) >= 11 is 0. The van der Waals surface area contributed by atoms with Gasteiger partial charge >= 0.3 is 5.97 Å². The van der Waals surface area contributed by atoms with E-state index in [0.717, 1.165) is 18.4 Å². The van der Waals surface area contributed by atoms with E-state index in [4.69, 9.17) is 4.74 Å². The van der Waals surface area contributed by atoms with Gasteiger partial charge in [-0.05, 0) is 38.5 Å². The third kappa shape index (κ3) is 1.77. The molecule has 0 spiro atoms. The second-order valence-electron chi connectivity index (χ2n) is 4.11. The molecule has 2 nitrogen and oxygen atoms in total. The average molecular weight is 180 g/mol. The van der Waals surface area contributed by atoms with Crippen LogP contribution in [0.5, 0.6) is 0 Å². The highest BCUT2D eigenvalue weighted by molar-refractivity contribution is 5.88. The summed E-state index contributed by atoms with van der Waals surface area (Å²) in [5.74, 6) is 0.490. The van der Waals surface area contributed by atoms with Gasteiger partial charge in [0.2, 0.25) is 0 Å². The zero-order chi connectivity index (χ0) is 9.26. The van der Waals surface area contributed by atoms with E-state index in [0.29, 0.717) is 5.92 Å². The molecule has 0 aromatic carbocycles. The fourth-order valence-electron chi connectivity index (χ4n) is 2.24. The minimum atomic E-state index is -0.102. The van der Waals surface area contributed by atoms with Gasteiger partial charge in [0.1, 0.15) is 6.10 Å². The lowest BCUT2D eigenvalue weighted by Gasteiger charge is -2.28. The van der Waals surface area contributed by atoms with Gasteiger partial charge in [0, 0.05) is 5.57 Å². The Morgan fingerprint density at radius 2 is 2.15 bits per heavy atom. The van der Waals surface area contributed by atoms with Gasteiger partial charge in [-0.1, -0.05) is 12.5 Å². The third-order valence-corrected chi connectivity index (χ3v) is 3.15. The van der Waals surface area contributed by atoms with Gasteiger partial charge in [-0.25, -0.2) is 4.79 Å². The number of fused-ring (bicyclic) bond motifs is 1. The van der Waals surface area contributed by atoms with Crippen LogP contribution in [0, 0.1) is 5.92 Å². The number of carbonyl (C=O) groups excluding carboxylic acids is 1. The van der Waals surface area contributed by atoms with Gasteiger partial charge in [0.15, 0.2) is 0 Å². The van der Waals surface area contributed by atoms with Crippen LogP contribution in [0.1, 0.15) is 39.0 Å². The van der Waals surface area contributed by atoms with Gasteiger partial charge in [-0.15, -0.1) is 0 Å². The van der Waals surface area contributed by atoms with Crippen LogP contribution in [0.4, 0.5) is 0 Å².